The standard InChI is InChI=1S/C19H17N3O2S/c23-17(14-7-3-1-4-8-14)20-11-12-21-18(24)16-13-25-19(22-16)15-9-5-2-6-10-15/h1-10,13H,11-12H2,(H,20,23)(H,21,24). The van der Waals surface area contributed by atoms with E-state index in [1.165, 1.54) is 11.3 Å². The number of nitrogens with one attached hydrogen (secondary N) is 2. The molecule has 126 valence electrons. The van der Waals surface area contributed by atoms with Gasteiger partial charge < -0.3 is 10.6 Å². The summed E-state index contributed by atoms with van der Waals surface area (Å²) in [6, 6.07) is 18.7. The van der Waals surface area contributed by atoms with Gasteiger partial charge in [0.15, 0.2) is 0 Å². The van der Waals surface area contributed by atoms with Crippen molar-refractivity contribution in [1.29, 1.82) is 0 Å². The Morgan fingerprint density at radius 2 is 1.44 bits per heavy atom. The highest BCUT2D eigenvalue weighted by Gasteiger charge is 2.11. The van der Waals surface area contributed by atoms with Gasteiger partial charge in [-0.2, -0.15) is 0 Å². The molecule has 0 saturated heterocycles. The average Bonchev–Trinajstić information content (AvgIpc) is 3.16. The van der Waals surface area contributed by atoms with Gasteiger partial charge in [-0.3, -0.25) is 9.59 Å². The van der Waals surface area contributed by atoms with Gasteiger partial charge >= 0.3 is 0 Å². The summed E-state index contributed by atoms with van der Waals surface area (Å²) in [7, 11) is 0. The number of rotatable bonds is 6. The average molecular weight is 351 g/mol. The number of benzene rings is 2. The second-order valence-electron chi connectivity index (χ2n) is 5.28. The lowest BCUT2D eigenvalue weighted by Crippen LogP contribution is -2.34. The van der Waals surface area contributed by atoms with Gasteiger partial charge in [0.1, 0.15) is 10.7 Å². The molecule has 0 saturated carbocycles. The summed E-state index contributed by atoms with van der Waals surface area (Å²) in [5.74, 6) is -0.401. The lowest BCUT2D eigenvalue weighted by Gasteiger charge is -2.06. The van der Waals surface area contributed by atoms with E-state index in [0.29, 0.717) is 24.3 Å². The molecule has 1 aromatic heterocycles. The lowest BCUT2D eigenvalue weighted by atomic mass is 10.2. The second-order valence-corrected chi connectivity index (χ2v) is 6.14. The van der Waals surface area contributed by atoms with Crippen molar-refractivity contribution in [3.8, 4) is 10.6 Å². The van der Waals surface area contributed by atoms with Gasteiger partial charge in [0, 0.05) is 29.6 Å². The summed E-state index contributed by atoms with van der Waals surface area (Å²) in [6.07, 6.45) is 0. The molecule has 6 heteroatoms. The van der Waals surface area contributed by atoms with Gasteiger partial charge in [-0.15, -0.1) is 11.3 Å². The Morgan fingerprint density at radius 3 is 2.12 bits per heavy atom. The largest absolute Gasteiger partial charge is 0.350 e. The molecule has 3 aromatic rings. The SMILES string of the molecule is O=C(NCCNC(=O)c1csc(-c2ccccc2)n1)c1ccccc1. The summed E-state index contributed by atoms with van der Waals surface area (Å²) in [5, 5.41) is 8.07. The van der Waals surface area contributed by atoms with E-state index in [4.69, 9.17) is 0 Å². The number of nitrogens with zero attached hydrogens (tertiary/aromatic N) is 1. The van der Waals surface area contributed by atoms with Gasteiger partial charge in [0.2, 0.25) is 0 Å². The van der Waals surface area contributed by atoms with Crippen LogP contribution in [0.2, 0.25) is 0 Å². The first-order valence-corrected chi connectivity index (χ1v) is 8.74. The molecule has 0 spiro atoms. The van der Waals surface area contributed by atoms with Crippen molar-refractivity contribution in [3.63, 3.8) is 0 Å². The zero-order chi connectivity index (χ0) is 17.5. The molecule has 2 aromatic carbocycles. The number of carbonyl (C=O) groups is 2. The van der Waals surface area contributed by atoms with Crippen molar-refractivity contribution in [3.05, 3.63) is 77.3 Å². The number of aromatic nitrogens is 1. The number of thiazole rings is 1. The van der Waals surface area contributed by atoms with E-state index in [1.54, 1.807) is 17.5 Å². The molecule has 3 rings (SSSR count). The van der Waals surface area contributed by atoms with Gasteiger partial charge in [0.25, 0.3) is 11.8 Å². The second kappa shape index (κ2) is 8.21. The van der Waals surface area contributed by atoms with Crippen LogP contribution in [0.3, 0.4) is 0 Å². The summed E-state index contributed by atoms with van der Waals surface area (Å²) in [5.41, 5.74) is 1.97. The maximum absolute atomic E-state index is 12.1. The van der Waals surface area contributed by atoms with E-state index < -0.39 is 0 Å². The van der Waals surface area contributed by atoms with E-state index >= 15 is 0 Å². The third kappa shape index (κ3) is 4.51. The Morgan fingerprint density at radius 1 is 0.840 bits per heavy atom. The Kier molecular flexibility index (Phi) is 5.53. The minimum atomic E-state index is -0.243. The summed E-state index contributed by atoms with van der Waals surface area (Å²) in [4.78, 5) is 28.4. The zero-order valence-electron chi connectivity index (χ0n) is 13.4. The third-order valence-corrected chi connectivity index (χ3v) is 4.38. The van der Waals surface area contributed by atoms with Crippen LogP contribution < -0.4 is 10.6 Å². The quantitative estimate of drug-likeness (QED) is 0.671. The van der Waals surface area contributed by atoms with Crippen molar-refractivity contribution in [2.75, 3.05) is 13.1 Å². The van der Waals surface area contributed by atoms with Crippen LogP contribution in [0.15, 0.2) is 66.0 Å². The van der Waals surface area contributed by atoms with Crippen LogP contribution in [0.1, 0.15) is 20.8 Å². The van der Waals surface area contributed by atoms with E-state index in [9.17, 15) is 9.59 Å². The lowest BCUT2D eigenvalue weighted by molar-refractivity contribution is 0.0925. The van der Waals surface area contributed by atoms with E-state index in [1.807, 2.05) is 48.5 Å². The Hall–Kier alpha value is -2.99. The predicted octanol–water partition coefficient (Wildman–Crippen LogP) is 2.97. The first-order chi connectivity index (χ1) is 12.2. The first kappa shape index (κ1) is 16.9. The number of hydrogen-bond acceptors (Lipinski definition) is 4. The highest BCUT2D eigenvalue weighted by molar-refractivity contribution is 7.13. The minimum Gasteiger partial charge on any atom is -0.350 e. The van der Waals surface area contributed by atoms with Crippen LogP contribution in [-0.2, 0) is 0 Å². The normalized spacial score (nSPS) is 10.2. The van der Waals surface area contributed by atoms with E-state index in [-0.39, 0.29) is 11.8 Å². The van der Waals surface area contributed by atoms with Gasteiger partial charge in [0.05, 0.1) is 0 Å². The third-order valence-electron chi connectivity index (χ3n) is 3.49. The van der Waals surface area contributed by atoms with Gasteiger partial charge in [-0.05, 0) is 12.1 Å². The molecule has 0 bridgehead atoms. The molecule has 0 fully saturated rings. The topological polar surface area (TPSA) is 71.1 Å². The zero-order valence-corrected chi connectivity index (χ0v) is 14.3. The summed E-state index contributed by atoms with van der Waals surface area (Å²) in [6.45, 7) is 0.699. The molecule has 0 aliphatic carbocycles. The highest BCUT2D eigenvalue weighted by Crippen LogP contribution is 2.23. The Bertz CT molecular complexity index is 847. The molecular weight excluding hydrogens is 334 g/mol. The molecule has 1 heterocycles. The van der Waals surface area contributed by atoms with E-state index in [2.05, 4.69) is 15.6 Å². The fraction of sp³-hybridized carbons (Fsp3) is 0.105. The number of carbonyl (C=O) groups excluding carboxylic acids is 2. The van der Waals surface area contributed by atoms with Crippen molar-refractivity contribution in [2.45, 2.75) is 0 Å². The molecule has 0 aliphatic heterocycles. The molecule has 0 radical (unpaired) electrons. The Balaban J connectivity index is 1.47. The van der Waals surface area contributed by atoms with Crippen LogP contribution in [0.4, 0.5) is 0 Å². The van der Waals surface area contributed by atoms with E-state index in [0.717, 1.165) is 10.6 Å². The van der Waals surface area contributed by atoms with Crippen LogP contribution in [0.25, 0.3) is 10.6 Å². The first-order valence-electron chi connectivity index (χ1n) is 7.86. The molecule has 5 nitrogen and oxygen atoms in total. The van der Waals surface area contributed by atoms with Crippen LogP contribution in [0, 0.1) is 0 Å². The minimum absolute atomic E-state index is 0.158. The fourth-order valence-electron chi connectivity index (χ4n) is 2.23. The highest BCUT2D eigenvalue weighted by atomic mass is 32.1. The monoisotopic (exact) mass is 351 g/mol. The van der Waals surface area contributed by atoms with Crippen LogP contribution in [0.5, 0.6) is 0 Å². The van der Waals surface area contributed by atoms with Crippen molar-refractivity contribution in [2.24, 2.45) is 0 Å². The van der Waals surface area contributed by atoms with Gasteiger partial charge in [-0.25, -0.2) is 4.98 Å². The van der Waals surface area contributed by atoms with Crippen LogP contribution in [-0.4, -0.2) is 29.9 Å². The number of amides is 2. The predicted molar refractivity (Wildman–Crippen MR) is 98.7 cm³/mol. The Labute approximate surface area is 149 Å². The van der Waals surface area contributed by atoms with Gasteiger partial charge in [-0.1, -0.05) is 48.5 Å². The fourth-order valence-corrected chi connectivity index (χ4v) is 3.03. The van der Waals surface area contributed by atoms with Crippen molar-refractivity contribution in [1.82, 2.24) is 15.6 Å². The molecule has 2 N–H and O–H groups in total. The molecule has 0 unspecified atom stereocenters. The molecule has 0 aliphatic rings. The van der Waals surface area contributed by atoms with Crippen molar-refractivity contribution < 1.29 is 9.59 Å². The summed E-state index contributed by atoms with van der Waals surface area (Å²) >= 11 is 1.43. The maximum atomic E-state index is 12.1. The number of hydrogen-bond donors (Lipinski definition) is 2. The maximum Gasteiger partial charge on any atom is 0.270 e. The van der Waals surface area contributed by atoms with Crippen molar-refractivity contribution >= 4 is 23.2 Å². The molecular formula is C19H17N3O2S. The molecule has 25 heavy (non-hydrogen) atoms. The van der Waals surface area contributed by atoms with Crippen LogP contribution >= 0.6 is 11.3 Å². The summed E-state index contributed by atoms with van der Waals surface area (Å²) < 4.78 is 0. The molecule has 2 amide bonds. The molecule has 0 atom stereocenters. The smallest absolute Gasteiger partial charge is 0.270 e.